The Bertz CT molecular complexity index is 191. The maximum atomic E-state index is 10.1. The van der Waals surface area contributed by atoms with Gasteiger partial charge in [0.05, 0.1) is 0 Å². The lowest BCUT2D eigenvalue weighted by molar-refractivity contribution is -0.163. The fourth-order valence-corrected chi connectivity index (χ4v) is 0.615. The van der Waals surface area contributed by atoms with Crippen LogP contribution in [0.1, 0.15) is 0 Å². The molecule has 76 valence electrons. The maximum Gasteiger partial charge on any atom is 0.335 e. The molecule has 0 fully saturated rings. The van der Waals surface area contributed by atoms with Crippen molar-refractivity contribution in [1.82, 2.24) is 0 Å². The SMILES string of the molecule is O=[13CH][C@H](O)[C@@H](O)[C@H](O)[C@H](O)C(=O)O. The van der Waals surface area contributed by atoms with Crippen LogP contribution in [0.2, 0.25) is 0 Å². The monoisotopic (exact) mass is 195 g/mol. The summed E-state index contributed by atoms with van der Waals surface area (Å²) in [5.74, 6) is -1.76. The Morgan fingerprint density at radius 3 is 1.85 bits per heavy atom. The Hall–Kier alpha value is -1.02. The van der Waals surface area contributed by atoms with Gasteiger partial charge in [-0.1, -0.05) is 0 Å². The lowest BCUT2D eigenvalue weighted by atomic mass is 10.1. The van der Waals surface area contributed by atoms with E-state index in [4.69, 9.17) is 25.5 Å². The van der Waals surface area contributed by atoms with Crippen molar-refractivity contribution in [2.75, 3.05) is 0 Å². The standard InChI is InChI=1S/C6H10O7/c7-1-2(8)3(9)4(10)5(11)6(12)13/h1-5,8-11H,(H,12,13)/t2-,3+,4-,5-/m0/s1/i1+1. The molecule has 0 aromatic rings. The van der Waals surface area contributed by atoms with E-state index in [1.807, 2.05) is 0 Å². The van der Waals surface area contributed by atoms with Crippen molar-refractivity contribution in [2.24, 2.45) is 0 Å². The molecule has 0 saturated heterocycles. The van der Waals surface area contributed by atoms with E-state index < -0.39 is 30.4 Å². The highest BCUT2D eigenvalue weighted by Crippen LogP contribution is 2.03. The van der Waals surface area contributed by atoms with Crippen LogP contribution in [0.5, 0.6) is 0 Å². The molecule has 13 heavy (non-hydrogen) atoms. The molecule has 0 heterocycles. The average molecular weight is 195 g/mol. The number of aliphatic carboxylic acids is 1. The molecule has 0 spiro atoms. The molecule has 0 bridgehead atoms. The predicted octanol–water partition coefficient (Wildman–Crippen LogP) is -3.29. The number of carboxylic acids is 1. The van der Waals surface area contributed by atoms with Crippen LogP contribution in [0.15, 0.2) is 0 Å². The minimum atomic E-state index is -2.25. The number of hydrogen-bond acceptors (Lipinski definition) is 6. The number of carbonyl (C=O) groups is 2. The van der Waals surface area contributed by atoms with Crippen LogP contribution in [0.25, 0.3) is 0 Å². The molecule has 4 atom stereocenters. The first-order chi connectivity index (χ1) is 5.91. The van der Waals surface area contributed by atoms with Crippen molar-refractivity contribution in [1.29, 1.82) is 0 Å². The van der Waals surface area contributed by atoms with Crippen molar-refractivity contribution in [2.45, 2.75) is 24.4 Å². The molecular formula is C6H10O7. The van der Waals surface area contributed by atoms with Gasteiger partial charge in [0.2, 0.25) is 0 Å². The number of carboxylic acid groups (broad SMARTS) is 1. The first-order valence-electron chi connectivity index (χ1n) is 3.32. The molecule has 0 unspecified atom stereocenters. The highest BCUT2D eigenvalue weighted by Gasteiger charge is 2.33. The van der Waals surface area contributed by atoms with Crippen molar-refractivity contribution in [3.8, 4) is 0 Å². The van der Waals surface area contributed by atoms with Crippen molar-refractivity contribution in [3.63, 3.8) is 0 Å². The zero-order valence-corrected chi connectivity index (χ0v) is 6.44. The van der Waals surface area contributed by atoms with E-state index in [0.29, 0.717) is 0 Å². The number of aldehydes is 1. The van der Waals surface area contributed by atoms with Crippen molar-refractivity contribution < 1.29 is 35.1 Å². The van der Waals surface area contributed by atoms with E-state index in [1.165, 1.54) is 0 Å². The predicted molar refractivity (Wildman–Crippen MR) is 37.7 cm³/mol. The van der Waals surface area contributed by atoms with Gasteiger partial charge in [-0.05, 0) is 0 Å². The highest BCUT2D eigenvalue weighted by molar-refractivity contribution is 5.73. The zero-order valence-electron chi connectivity index (χ0n) is 6.44. The Balaban J connectivity index is 4.32. The smallest absolute Gasteiger partial charge is 0.335 e. The summed E-state index contributed by atoms with van der Waals surface area (Å²) >= 11 is 0. The Labute approximate surface area is 72.9 Å². The van der Waals surface area contributed by atoms with E-state index in [-0.39, 0.29) is 6.29 Å². The molecule has 0 saturated carbocycles. The van der Waals surface area contributed by atoms with E-state index >= 15 is 0 Å². The van der Waals surface area contributed by atoms with Gasteiger partial charge in [-0.15, -0.1) is 0 Å². The van der Waals surface area contributed by atoms with Gasteiger partial charge in [-0.25, -0.2) is 4.79 Å². The minimum absolute atomic E-state index is 0.0809. The quantitative estimate of drug-likeness (QED) is 0.229. The number of aliphatic hydroxyl groups excluding tert-OH is 4. The van der Waals surface area contributed by atoms with Gasteiger partial charge < -0.3 is 30.3 Å². The summed E-state index contributed by atoms with van der Waals surface area (Å²) in [6.07, 6.45) is -8.39. The maximum absolute atomic E-state index is 10.1. The van der Waals surface area contributed by atoms with Crippen LogP contribution >= 0.6 is 0 Å². The fourth-order valence-electron chi connectivity index (χ4n) is 0.615. The summed E-state index contributed by atoms with van der Waals surface area (Å²) in [6.45, 7) is 0. The molecule has 0 aliphatic carbocycles. The molecular weight excluding hydrogens is 185 g/mol. The van der Waals surface area contributed by atoms with Crippen LogP contribution in [-0.4, -0.2) is 62.2 Å². The molecule has 7 nitrogen and oxygen atoms in total. The second-order valence-electron chi connectivity index (χ2n) is 2.39. The van der Waals surface area contributed by atoms with Crippen LogP contribution in [0.3, 0.4) is 0 Å². The summed E-state index contributed by atoms with van der Waals surface area (Å²) < 4.78 is 0. The number of hydrogen-bond donors (Lipinski definition) is 5. The van der Waals surface area contributed by atoms with Crippen molar-refractivity contribution >= 4 is 12.3 Å². The van der Waals surface area contributed by atoms with Gasteiger partial charge in [-0.3, -0.25) is 0 Å². The number of carbonyl (C=O) groups excluding carboxylic acids is 1. The molecule has 5 N–H and O–H groups in total. The second kappa shape index (κ2) is 4.87. The lowest BCUT2D eigenvalue weighted by Gasteiger charge is -2.21. The highest BCUT2D eigenvalue weighted by atomic mass is 16.4. The molecule has 0 amide bonds. The molecule has 0 aromatic carbocycles. The Kier molecular flexibility index (Phi) is 4.49. The van der Waals surface area contributed by atoms with Crippen molar-refractivity contribution in [3.05, 3.63) is 0 Å². The summed E-state index contributed by atoms with van der Waals surface area (Å²) in [5.41, 5.74) is 0. The van der Waals surface area contributed by atoms with Crippen LogP contribution in [-0.2, 0) is 9.59 Å². The fraction of sp³-hybridized carbons (Fsp3) is 0.667. The molecule has 7 heteroatoms. The van der Waals surface area contributed by atoms with Gasteiger partial charge >= 0.3 is 5.97 Å². The van der Waals surface area contributed by atoms with Crippen LogP contribution < -0.4 is 0 Å². The Morgan fingerprint density at radius 2 is 1.54 bits per heavy atom. The van der Waals surface area contributed by atoms with Crippen LogP contribution in [0.4, 0.5) is 0 Å². The number of aliphatic hydroxyl groups is 4. The van der Waals surface area contributed by atoms with E-state index in [1.54, 1.807) is 0 Å². The first kappa shape index (κ1) is 12.0. The zero-order chi connectivity index (χ0) is 10.6. The third-order valence-corrected chi connectivity index (χ3v) is 1.42. The van der Waals surface area contributed by atoms with Gasteiger partial charge in [0.25, 0.3) is 0 Å². The minimum Gasteiger partial charge on any atom is -0.479 e. The lowest BCUT2D eigenvalue weighted by Crippen LogP contribution is -2.48. The third-order valence-electron chi connectivity index (χ3n) is 1.42. The second-order valence-corrected chi connectivity index (χ2v) is 2.39. The molecule has 0 aromatic heterocycles. The topological polar surface area (TPSA) is 135 Å². The number of rotatable bonds is 5. The third kappa shape index (κ3) is 3.07. The van der Waals surface area contributed by atoms with Gasteiger partial charge in [0.15, 0.2) is 12.4 Å². The molecule has 0 radical (unpaired) electrons. The summed E-state index contributed by atoms with van der Waals surface area (Å²) in [4.78, 5) is 20.0. The summed E-state index contributed by atoms with van der Waals surface area (Å²) in [6, 6.07) is 0. The largest absolute Gasteiger partial charge is 0.479 e. The summed E-state index contributed by atoms with van der Waals surface area (Å²) in [5, 5.41) is 43.2. The summed E-state index contributed by atoms with van der Waals surface area (Å²) in [7, 11) is 0. The first-order valence-corrected chi connectivity index (χ1v) is 3.32. The molecule has 0 aliphatic heterocycles. The van der Waals surface area contributed by atoms with E-state index in [0.717, 1.165) is 0 Å². The average Bonchev–Trinajstić information content (AvgIpc) is 2.12. The normalized spacial score (nSPS) is 20.0. The van der Waals surface area contributed by atoms with E-state index in [2.05, 4.69) is 0 Å². The molecule has 0 rings (SSSR count). The molecule has 0 aliphatic rings. The van der Waals surface area contributed by atoms with Gasteiger partial charge in [0, 0.05) is 0 Å². The Morgan fingerprint density at radius 1 is 1.08 bits per heavy atom. The van der Waals surface area contributed by atoms with Crippen LogP contribution in [0, 0.1) is 0 Å². The van der Waals surface area contributed by atoms with Gasteiger partial charge in [0.1, 0.15) is 18.3 Å². The van der Waals surface area contributed by atoms with E-state index in [9.17, 15) is 9.59 Å². The van der Waals surface area contributed by atoms with Gasteiger partial charge in [-0.2, -0.15) is 0 Å².